The third-order valence-corrected chi connectivity index (χ3v) is 6.79. The Morgan fingerprint density at radius 2 is 1.94 bits per heavy atom. The number of esters is 1. The predicted molar refractivity (Wildman–Crippen MR) is 130 cm³/mol. The largest absolute Gasteiger partial charge is 0.466 e. The van der Waals surface area contributed by atoms with Gasteiger partial charge in [0, 0.05) is 18.7 Å². The Labute approximate surface area is 206 Å². The fourth-order valence-corrected chi connectivity index (χ4v) is 4.96. The Morgan fingerprint density at radius 3 is 2.66 bits per heavy atom. The number of hydrogen-bond donors (Lipinski definition) is 0. The summed E-state index contributed by atoms with van der Waals surface area (Å²) in [4.78, 5) is 53.1. The Morgan fingerprint density at radius 1 is 1.17 bits per heavy atom. The molecule has 2 aliphatic heterocycles. The molecule has 0 aliphatic carbocycles. The van der Waals surface area contributed by atoms with E-state index in [0.29, 0.717) is 42.8 Å². The first-order chi connectivity index (χ1) is 16.9. The van der Waals surface area contributed by atoms with Gasteiger partial charge in [-0.15, -0.1) is 0 Å². The average Bonchev–Trinajstić information content (AvgIpc) is 3.11. The molecule has 1 atom stereocenters. The molecule has 182 valence electrons. The zero-order chi connectivity index (χ0) is 24.9. The van der Waals surface area contributed by atoms with Crippen LogP contribution in [0.2, 0.25) is 0 Å². The van der Waals surface area contributed by atoms with Crippen molar-refractivity contribution in [1.82, 2.24) is 9.80 Å². The molecule has 0 bridgehead atoms. The SMILES string of the molecule is CCOC(=O)[C@@H]1CCCN(C(=O)c2ccc(/C=C3\SC(=O)N(Cc4cccc(F)c4)C3=O)cc2)C1. The fraction of sp³-hybridized carbons (Fsp3) is 0.308. The van der Waals surface area contributed by atoms with Crippen molar-refractivity contribution in [2.75, 3.05) is 19.7 Å². The maximum Gasteiger partial charge on any atom is 0.310 e. The van der Waals surface area contributed by atoms with Crippen molar-refractivity contribution in [3.05, 3.63) is 75.9 Å². The number of likely N-dealkylation sites (tertiary alicyclic amines) is 1. The number of hydrogen-bond acceptors (Lipinski definition) is 6. The van der Waals surface area contributed by atoms with E-state index >= 15 is 0 Å². The molecular formula is C26H25FN2O5S. The Kier molecular flexibility index (Phi) is 7.65. The molecule has 0 unspecified atom stereocenters. The molecule has 7 nitrogen and oxygen atoms in total. The van der Waals surface area contributed by atoms with Gasteiger partial charge in [0.1, 0.15) is 5.82 Å². The van der Waals surface area contributed by atoms with E-state index in [4.69, 9.17) is 4.74 Å². The van der Waals surface area contributed by atoms with Gasteiger partial charge in [-0.3, -0.25) is 24.1 Å². The quantitative estimate of drug-likeness (QED) is 0.433. The van der Waals surface area contributed by atoms with Crippen LogP contribution in [0.1, 0.15) is 41.3 Å². The van der Waals surface area contributed by atoms with Gasteiger partial charge in [0.05, 0.1) is 24.0 Å². The number of nitrogens with zero attached hydrogens (tertiary/aromatic N) is 2. The zero-order valence-corrected chi connectivity index (χ0v) is 20.1. The van der Waals surface area contributed by atoms with Crippen molar-refractivity contribution in [1.29, 1.82) is 0 Å². The highest BCUT2D eigenvalue weighted by Crippen LogP contribution is 2.33. The summed E-state index contributed by atoms with van der Waals surface area (Å²) >= 11 is 0.826. The lowest BCUT2D eigenvalue weighted by molar-refractivity contribution is -0.149. The number of carbonyl (C=O) groups excluding carboxylic acids is 4. The van der Waals surface area contributed by atoms with Crippen molar-refractivity contribution in [3.63, 3.8) is 0 Å². The van der Waals surface area contributed by atoms with Crippen LogP contribution in [0.15, 0.2) is 53.4 Å². The van der Waals surface area contributed by atoms with E-state index in [1.165, 1.54) is 18.2 Å². The van der Waals surface area contributed by atoms with E-state index in [1.54, 1.807) is 48.2 Å². The molecule has 2 aromatic carbocycles. The van der Waals surface area contributed by atoms with Gasteiger partial charge in [0.25, 0.3) is 17.1 Å². The smallest absolute Gasteiger partial charge is 0.310 e. The first kappa shape index (κ1) is 24.7. The summed E-state index contributed by atoms with van der Waals surface area (Å²) in [5, 5.41) is -0.418. The average molecular weight is 497 g/mol. The molecule has 2 heterocycles. The highest BCUT2D eigenvalue weighted by molar-refractivity contribution is 8.18. The molecule has 0 saturated carbocycles. The highest BCUT2D eigenvalue weighted by Gasteiger charge is 2.35. The normalized spacial score (nSPS) is 19.4. The van der Waals surface area contributed by atoms with Gasteiger partial charge >= 0.3 is 5.97 Å². The Balaban J connectivity index is 1.42. The molecule has 0 N–H and O–H groups in total. The molecule has 2 aromatic rings. The number of halogens is 1. The maximum atomic E-state index is 13.4. The second kappa shape index (κ2) is 10.9. The number of piperidine rings is 1. The van der Waals surface area contributed by atoms with E-state index in [-0.39, 0.29) is 29.2 Å². The van der Waals surface area contributed by atoms with Gasteiger partial charge in [0.2, 0.25) is 0 Å². The van der Waals surface area contributed by atoms with Gasteiger partial charge in [-0.25, -0.2) is 4.39 Å². The summed E-state index contributed by atoms with van der Waals surface area (Å²) in [5.74, 6) is -1.62. The number of benzene rings is 2. The molecule has 2 saturated heterocycles. The Hall–Kier alpha value is -3.46. The predicted octanol–water partition coefficient (Wildman–Crippen LogP) is 4.48. The molecule has 0 radical (unpaired) electrons. The number of imide groups is 1. The lowest BCUT2D eigenvalue weighted by Gasteiger charge is -2.31. The molecule has 0 spiro atoms. The van der Waals surface area contributed by atoms with Crippen LogP contribution in [-0.2, 0) is 20.9 Å². The van der Waals surface area contributed by atoms with E-state index in [1.807, 2.05) is 0 Å². The van der Waals surface area contributed by atoms with E-state index in [9.17, 15) is 23.6 Å². The van der Waals surface area contributed by atoms with Crippen LogP contribution < -0.4 is 0 Å². The number of amides is 3. The monoisotopic (exact) mass is 496 g/mol. The summed E-state index contributed by atoms with van der Waals surface area (Å²) in [6.07, 6.45) is 3.04. The van der Waals surface area contributed by atoms with Crippen LogP contribution in [0.3, 0.4) is 0 Å². The fourth-order valence-electron chi connectivity index (χ4n) is 4.12. The first-order valence-corrected chi connectivity index (χ1v) is 12.2. The maximum absolute atomic E-state index is 13.4. The second-order valence-electron chi connectivity index (χ2n) is 8.36. The minimum Gasteiger partial charge on any atom is -0.466 e. The number of thioether (sulfide) groups is 1. The van der Waals surface area contributed by atoms with Crippen molar-refractivity contribution in [3.8, 4) is 0 Å². The highest BCUT2D eigenvalue weighted by atomic mass is 32.2. The van der Waals surface area contributed by atoms with Gasteiger partial charge in [-0.05, 0) is 73.0 Å². The van der Waals surface area contributed by atoms with Gasteiger partial charge in [0.15, 0.2) is 0 Å². The van der Waals surface area contributed by atoms with Gasteiger partial charge < -0.3 is 9.64 Å². The molecule has 35 heavy (non-hydrogen) atoms. The van der Waals surface area contributed by atoms with E-state index in [2.05, 4.69) is 0 Å². The summed E-state index contributed by atoms with van der Waals surface area (Å²) in [5.41, 5.74) is 1.67. The van der Waals surface area contributed by atoms with Crippen molar-refractivity contribution < 1.29 is 28.3 Å². The minimum atomic E-state index is -0.442. The summed E-state index contributed by atoms with van der Waals surface area (Å²) < 4.78 is 18.5. The van der Waals surface area contributed by atoms with Crippen LogP contribution in [0.25, 0.3) is 6.08 Å². The van der Waals surface area contributed by atoms with Crippen molar-refractivity contribution in [2.24, 2.45) is 5.92 Å². The number of carbonyl (C=O) groups is 4. The molecular weight excluding hydrogens is 471 g/mol. The molecule has 9 heteroatoms. The van der Waals surface area contributed by atoms with Crippen LogP contribution in [-0.4, -0.2) is 52.5 Å². The lowest BCUT2D eigenvalue weighted by atomic mass is 9.97. The van der Waals surface area contributed by atoms with Crippen LogP contribution >= 0.6 is 11.8 Å². The molecule has 0 aromatic heterocycles. The summed E-state index contributed by atoms with van der Waals surface area (Å²) in [7, 11) is 0. The van der Waals surface area contributed by atoms with Crippen LogP contribution in [0, 0.1) is 11.7 Å². The minimum absolute atomic E-state index is 0.00413. The zero-order valence-electron chi connectivity index (χ0n) is 19.2. The van der Waals surface area contributed by atoms with E-state index in [0.717, 1.165) is 23.1 Å². The first-order valence-electron chi connectivity index (χ1n) is 11.4. The number of ether oxygens (including phenoxy) is 1. The molecule has 3 amide bonds. The lowest BCUT2D eigenvalue weighted by Crippen LogP contribution is -2.42. The number of rotatable bonds is 6. The third kappa shape index (κ3) is 5.79. The van der Waals surface area contributed by atoms with Crippen molar-refractivity contribution in [2.45, 2.75) is 26.3 Å². The van der Waals surface area contributed by atoms with Crippen LogP contribution in [0.4, 0.5) is 9.18 Å². The summed E-state index contributed by atoms with van der Waals surface area (Å²) in [6.45, 7) is 2.98. The Bertz CT molecular complexity index is 1180. The van der Waals surface area contributed by atoms with Crippen LogP contribution in [0.5, 0.6) is 0 Å². The summed E-state index contributed by atoms with van der Waals surface area (Å²) in [6, 6.07) is 12.5. The standard InChI is InChI=1S/C26H25FN2O5S/c1-2-34-25(32)20-6-4-12-28(16-20)23(30)19-10-8-17(9-11-19)14-22-24(31)29(26(33)35-22)15-18-5-3-7-21(27)13-18/h3,5,7-11,13-14,20H,2,4,6,12,15-16H2,1H3/b22-14-/t20-/m1/s1. The molecule has 4 rings (SSSR count). The third-order valence-electron chi connectivity index (χ3n) is 5.89. The van der Waals surface area contributed by atoms with Crippen molar-refractivity contribution >= 4 is 40.9 Å². The second-order valence-corrected chi connectivity index (χ2v) is 9.36. The molecule has 2 aliphatic rings. The van der Waals surface area contributed by atoms with Gasteiger partial charge in [-0.2, -0.15) is 0 Å². The molecule has 2 fully saturated rings. The van der Waals surface area contributed by atoms with E-state index < -0.39 is 17.0 Å². The van der Waals surface area contributed by atoms with Gasteiger partial charge in [-0.1, -0.05) is 24.3 Å². The topological polar surface area (TPSA) is 84.0 Å².